The third-order valence-electron chi connectivity index (χ3n) is 3.90. The number of piperidine rings is 1. The normalized spacial score (nSPS) is 18.9. The molecule has 1 atom stereocenters. The highest BCUT2D eigenvalue weighted by molar-refractivity contribution is 5.92. The SMILES string of the molecule is CCN(CC)C(=O)c1ccc(N2CCCC(C)C2)nn1. The van der Waals surface area contributed by atoms with Crippen molar-refractivity contribution in [1.82, 2.24) is 15.1 Å². The summed E-state index contributed by atoms with van der Waals surface area (Å²) < 4.78 is 0. The zero-order chi connectivity index (χ0) is 14.5. The zero-order valence-corrected chi connectivity index (χ0v) is 12.7. The van der Waals surface area contributed by atoms with Crippen LogP contribution in [0.5, 0.6) is 0 Å². The fourth-order valence-electron chi connectivity index (χ4n) is 2.68. The van der Waals surface area contributed by atoms with Gasteiger partial charge >= 0.3 is 0 Å². The largest absolute Gasteiger partial charge is 0.355 e. The summed E-state index contributed by atoms with van der Waals surface area (Å²) in [6, 6.07) is 3.71. The Labute approximate surface area is 121 Å². The predicted octanol–water partition coefficient (Wildman–Crippen LogP) is 2.19. The van der Waals surface area contributed by atoms with E-state index in [1.54, 1.807) is 11.0 Å². The lowest BCUT2D eigenvalue weighted by atomic mass is 10.0. The molecule has 5 nitrogen and oxygen atoms in total. The van der Waals surface area contributed by atoms with Crippen molar-refractivity contribution < 1.29 is 4.79 Å². The Kier molecular flexibility index (Phi) is 4.93. The molecule has 5 heteroatoms. The van der Waals surface area contributed by atoms with Crippen molar-refractivity contribution in [3.8, 4) is 0 Å². The van der Waals surface area contributed by atoms with Crippen molar-refractivity contribution in [3.63, 3.8) is 0 Å². The van der Waals surface area contributed by atoms with Crippen molar-refractivity contribution in [2.75, 3.05) is 31.1 Å². The molecule has 20 heavy (non-hydrogen) atoms. The highest BCUT2D eigenvalue weighted by atomic mass is 16.2. The minimum Gasteiger partial charge on any atom is -0.355 e. The maximum Gasteiger partial charge on any atom is 0.274 e. The zero-order valence-electron chi connectivity index (χ0n) is 12.7. The van der Waals surface area contributed by atoms with Crippen LogP contribution in [0.1, 0.15) is 44.1 Å². The molecule has 0 N–H and O–H groups in total. The fraction of sp³-hybridized carbons (Fsp3) is 0.667. The summed E-state index contributed by atoms with van der Waals surface area (Å²) in [6.07, 6.45) is 2.48. The van der Waals surface area contributed by atoms with Gasteiger partial charge in [0, 0.05) is 26.2 Å². The topological polar surface area (TPSA) is 49.3 Å². The van der Waals surface area contributed by atoms with Crippen LogP contribution in [0.25, 0.3) is 0 Å². The van der Waals surface area contributed by atoms with Crippen LogP contribution in [0, 0.1) is 5.92 Å². The summed E-state index contributed by atoms with van der Waals surface area (Å²) in [5.41, 5.74) is 0.433. The summed E-state index contributed by atoms with van der Waals surface area (Å²) in [4.78, 5) is 16.2. The number of carbonyl (C=O) groups is 1. The maximum atomic E-state index is 12.2. The van der Waals surface area contributed by atoms with E-state index in [-0.39, 0.29) is 5.91 Å². The molecule has 2 rings (SSSR count). The molecular formula is C15H24N4O. The fourth-order valence-corrected chi connectivity index (χ4v) is 2.68. The number of hydrogen-bond acceptors (Lipinski definition) is 4. The van der Waals surface area contributed by atoms with E-state index in [1.807, 2.05) is 19.9 Å². The average Bonchev–Trinajstić information content (AvgIpc) is 2.48. The molecule has 1 aromatic heterocycles. The molecular weight excluding hydrogens is 252 g/mol. The molecule has 0 bridgehead atoms. The first-order valence-electron chi connectivity index (χ1n) is 7.53. The molecule has 1 amide bonds. The van der Waals surface area contributed by atoms with Crippen LogP contribution in [-0.4, -0.2) is 47.2 Å². The van der Waals surface area contributed by atoms with E-state index < -0.39 is 0 Å². The standard InChI is InChI=1S/C15H24N4O/c1-4-18(5-2)15(20)13-8-9-14(17-16-13)19-10-6-7-12(3)11-19/h8-9,12H,4-7,10-11H2,1-3H3. The third kappa shape index (κ3) is 3.26. The summed E-state index contributed by atoms with van der Waals surface area (Å²) in [5.74, 6) is 1.54. The molecule has 110 valence electrons. The minimum absolute atomic E-state index is 0.0407. The van der Waals surface area contributed by atoms with Gasteiger partial charge in [0.25, 0.3) is 5.91 Å². The van der Waals surface area contributed by atoms with Crippen molar-refractivity contribution >= 4 is 11.7 Å². The van der Waals surface area contributed by atoms with Crippen LogP contribution in [0.4, 0.5) is 5.82 Å². The third-order valence-corrected chi connectivity index (χ3v) is 3.90. The van der Waals surface area contributed by atoms with Crippen molar-refractivity contribution in [2.45, 2.75) is 33.6 Å². The highest BCUT2D eigenvalue weighted by Crippen LogP contribution is 2.20. The number of aromatic nitrogens is 2. The van der Waals surface area contributed by atoms with Gasteiger partial charge in [0.2, 0.25) is 0 Å². The molecule has 2 heterocycles. The molecule has 1 saturated heterocycles. The van der Waals surface area contributed by atoms with Crippen LogP contribution >= 0.6 is 0 Å². The molecule has 0 aliphatic carbocycles. The second kappa shape index (κ2) is 6.68. The lowest BCUT2D eigenvalue weighted by molar-refractivity contribution is 0.0766. The Morgan fingerprint density at radius 1 is 1.35 bits per heavy atom. The summed E-state index contributed by atoms with van der Waals surface area (Å²) in [7, 11) is 0. The Hall–Kier alpha value is -1.65. The monoisotopic (exact) mass is 276 g/mol. The summed E-state index contributed by atoms with van der Waals surface area (Å²) >= 11 is 0. The molecule has 0 spiro atoms. The summed E-state index contributed by atoms with van der Waals surface area (Å²) in [5, 5.41) is 8.35. The smallest absolute Gasteiger partial charge is 0.274 e. The predicted molar refractivity (Wildman–Crippen MR) is 79.9 cm³/mol. The number of amides is 1. The molecule has 0 saturated carbocycles. The van der Waals surface area contributed by atoms with Gasteiger partial charge in [-0.15, -0.1) is 10.2 Å². The summed E-state index contributed by atoms with van der Waals surface area (Å²) in [6.45, 7) is 9.65. The van der Waals surface area contributed by atoms with E-state index in [2.05, 4.69) is 22.0 Å². The first-order chi connectivity index (χ1) is 9.65. The van der Waals surface area contributed by atoms with E-state index >= 15 is 0 Å². The van der Waals surface area contributed by atoms with Crippen molar-refractivity contribution in [3.05, 3.63) is 17.8 Å². The van der Waals surface area contributed by atoms with E-state index in [4.69, 9.17) is 0 Å². The van der Waals surface area contributed by atoms with Gasteiger partial charge in [-0.25, -0.2) is 0 Å². The average molecular weight is 276 g/mol. The lowest BCUT2D eigenvalue weighted by Crippen LogP contribution is -2.35. The van der Waals surface area contributed by atoms with Gasteiger partial charge in [0.1, 0.15) is 0 Å². The van der Waals surface area contributed by atoms with Crippen LogP contribution < -0.4 is 4.90 Å². The Balaban J connectivity index is 2.07. The van der Waals surface area contributed by atoms with Gasteiger partial charge in [-0.05, 0) is 44.7 Å². The van der Waals surface area contributed by atoms with Crippen LogP contribution in [0.15, 0.2) is 12.1 Å². The second-order valence-electron chi connectivity index (χ2n) is 5.45. The molecule has 0 radical (unpaired) electrons. The van der Waals surface area contributed by atoms with E-state index in [9.17, 15) is 4.79 Å². The van der Waals surface area contributed by atoms with Gasteiger partial charge in [0.15, 0.2) is 11.5 Å². The van der Waals surface area contributed by atoms with Crippen molar-refractivity contribution in [2.24, 2.45) is 5.92 Å². The van der Waals surface area contributed by atoms with Crippen molar-refractivity contribution in [1.29, 1.82) is 0 Å². The Morgan fingerprint density at radius 3 is 2.65 bits per heavy atom. The van der Waals surface area contributed by atoms with Crippen LogP contribution in [0.2, 0.25) is 0 Å². The first-order valence-corrected chi connectivity index (χ1v) is 7.53. The number of anilines is 1. The van der Waals surface area contributed by atoms with E-state index in [1.165, 1.54) is 12.8 Å². The second-order valence-corrected chi connectivity index (χ2v) is 5.45. The van der Waals surface area contributed by atoms with Gasteiger partial charge in [-0.1, -0.05) is 6.92 Å². The number of hydrogen-bond donors (Lipinski definition) is 0. The molecule has 1 aliphatic heterocycles. The first kappa shape index (κ1) is 14.8. The van der Waals surface area contributed by atoms with Gasteiger partial charge < -0.3 is 9.80 Å². The Bertz CT molecular complexity index is 442. The molecule has 1 fully saturated rings. The van der Waals surface area contributed by atoms with Gasteiger partial charge in [-0.2, -0.15) is 0 Å². The number of carbonyl (C=O) groups excluding carboxylic acids is 1. The van der Waals surface area contributed by atoms with E-state index in [0.717, 1.165) is 18.9 Å². The van der Waals surface area contributed by atoms with Crippen LogP contribution in [-0.2, 0) is 0 Å². The molecule has 1 unspecified atom stereocenters. The molecule has 1 aromatic rings. The number of nitrogens with zero attached hydrogens (tertiary/aromatic N) is 4. The molecule has 1 aliphatic rings. The maximum absolute atomic E-state index is 12.2. The lowest BCUT2D eigenvalue weighted by Gasteiger charge is -2.31. The highest BCUT2D eigenvalue weighted by Gasteiger charge is 2.19. The Morgan fingerprint density at radius 2 is 2.10 bits per heavy atom. The van der Waals surface area contributed by atoms with E-state index in [0.29, 0.717) is 24.7 Å². The quantitative estimate of drug-likeness (QED) is 0.846. The number of rotatable bonds is 4. The van der Waals surface area contributed by atoms with Gasteiger partial charge in [0.05, 0.1) is 0 Å². The molecule has 0 aromatic carbocycles. The van der Waals surface area contributed by atoms with Crippen LogP contribution in [0.3, 0.4) is 0 Å². The minimum atomic E-state index is -0.0407. The van der Waals surface area contributed by atoms with Gasteiger partial charge in [-0.3, -0.25) is 4.79 Å².